The van der Waals surface area contributed by atoms with Crippen LogP contribution in [-0.4, -0.2) is 82.6 Å². The molecular formula is C21H40N8O7. The molecule has 36 heavy (non-hydrogen) atoms. The Labute approximate surface area is 209 Å². The number of carboxylic acids is 1. The van der Waals surface area contributed by atoms with Crippen LogP contribution in [0.15, 0.2) is 4.99 Å². The van der Waals surface area contributed by atoms with Crippen LogP contribution >= 0.6 is 0 Å². The zero-order valence-corrected chi connectivity index (χ0v) is 20.9. The van der Waals surface area contributed by atoms with E-state index >= 15 is 0 Å². The molecule has 0 bridgehead atoms. The number of rotatable bonds is 17. The molecule has 0 aliphatic heterocycles. The van der Waals surface area contributed by atoms with Gasteiger partial charge in [-0.05, 0) is 38.5 Å². The van der Waals surface area contributed by atoms with E-state index in [0.717, 1.165) is 0 Å². The number of hydrogen-bond donors (Lipinski definition) is 9. The van der Waals surface area contributed by atoms with Crippen LogP contribution in [0.3, 0.4) is 0 Å². The summed E-state index contributed by atoms with van der Waals surface area (Å²) in [6.45, 7) is 5.04. The predicted molar refractivity (Wildman–Crippen MR) is 131 cm³/mol. The van der Waals surface area contributed by atoms with Crippen molar-refractivity contribution >= 4 is 35.6 Å². The normalized spacial score (nSPS) is 15.1. The van der Waals surface area contributed by atoms with Crippen molar-refractivity contribution in [2.75, 3.05) is 6.54 Å². The van der Waals surface area contributed by atoms with E-state index in [4.69, 9.17) is 22.9 Å². The summed E-state index contributed by atoms with van der Waals surface area (Å²) in [5.74, 6) is -4.58. The van der Waals surface area contributed by atoms with E-state index in [-0.39, 0.29) is 44.1 Å². The van der Waals surface area contributed by atoms with E-state index in [1.807, 2.05) is 13.8 Å². The lowest BCUT2D eigenvalue weighted by molar-refractivity contribution is -0.145. The zero-order valence-electron chi connectivity index (χ0n) is 20.9. The number of guanidine groups is 1. The number of aliphatic imine (C=N–C) groups is 1. The van der Waals surface area contributed by atoms with Gasteiger partial charge in [-0.3, -0.25) is 24.2 Å². The summed E-state index contributed by atoms with van der Waals surface area (Å²) in [7, 11) is 0. The SMILES string of the molecule is CC(C)CC(N)C(=O)NC(CCC(N)=O)C(=O)NC(CCCN=C(N)N)C(=O)NC(C(=O)O)C(C)O. The number of hydrogen-bond acceptors (Lipinski definition) is 8. The molecule has 206 valence electrons. The largest absolute Gasteiger partial charge is 0.480 e. The second-order valence-electron chi connectivity index (χ2n) is 8.88. The van der Waals surface area contributed by atoms with E-state index in [1.165, 1.54) is 6.92 Å². The standard InChI is InChI=1S/C21H40N8O7/c1-10(2)9-12(22)17(32)27-14(6-7-15(23)31)18(33)28-13(5-4-8-26-21(24)25)19(34)29-16(11(3)30)20(35)36/h10-14,16,30H,4-9,22H2,1-3H3,(H2,23,31)(H,27,32)(H,28,33)(H,29,34)(H,35,36)(H4,24,25,26). The third-order valence-corrected chi connectivity index (χ3v) is 5.00. The first-order chi connectivity index (χ1) is 16.6. The highest BCUT2D eigenvalue weighted by Gasteiger charge is 2.31. The minimum absolute atomic E-state index is 0.0101. The molecule has 0 saturated carbocycles. The van der Waals surface area contributed by atoms with E-state index in [0.29, 0.717) is 6.42 Å². The molecule has 0 radical (unpaired) electrons. The number of carboxylic acid groups (broad SMARTS) is 1. The summed E-state index contributed by atoms with van der Waals surface area (Å²) in [6.07, 6.45) is -1.25. The van der Waals surface area contributed by atoms with Crippen molar-refractivity contribution < 1.29 is 34.2 Å². The van der Waals surface area contributed by atoms with Gasteiger partial charge in [0, 0.05) is 13.0 Å². The van der Waals surface area contributed by atoms with Gasteiger partial charge in [-0.25, -0.2) is 4.79 Å². The average molecular weight is 517 g/mol. The number of nitrogens with two attached hydrogens (primary N) is 4. The Morgan fingerprint density at radius 2 is 1.39 bits per heavy atom. The number of aliphatic hydroxyl groups excluding tert-OH is 1. The molecule has 0 fully saturated rings. The van der Waals surface area contributed by atoms with Gasteiger partial charge in [-0.1, -0.05) is 13.8 Å². The van der Waals surface area contributed by atoms with Gasteiger partial charge in [0.15, 0.2) is 12.0 Å². The highest BCUT2D eigenvalue weighted by molar-refractivity contribution is 5.94. The predicted octanol–water partition coefficient (Wildman–Crippen LogP) is -3.40. The molecule has 0 heterocycles. The van der Waals surface area contributed by atoms with Gasteiger partial charge in [0.25, 0.3) is 0 Å². The van der Waals surface area contributed by atoms with Crippen molar-refractivity contribution in [1.82, 2.24) is 16.0 Å². The monoisotopic (exact) mass is 516 g/mol. The molecule has 0 aromatic carbocycles. The Balaban J connectivity index is 5.68. The lowest BCUT2D eigenvalue weighted by Gasteiger charge is -2.26. The molecule has 0 aromatic heterocycles. The number of carbonyl (C=O) groups excluding carboxylic acids is 4. The van der Waals surface area contributed by atoms with Crippen LogP contribution in [0.25, 0.3) is 0 Å². The summed E-state index contributed by atoms with van der Waals surface area (Å²) < 4.78 is 0. The number of nitrogens with zero attached hydrogens (tertiary/aromatic N) is 1. The fraction of sp³-hybridized carbons (Fsp3) is 0.714. The van der Waals surface area contributed by atoms with Crippen LogP contribution in [0.4, 0.5) is 0 Å². The van der Waals surface area contributed by atoms with Crippen LogP contribution in [0.2, 0.25) is 0 Å². The Bertz CT molecular complexity index is 799. The second-order valence-corrected chi connectivity index (χ2v) is 8.88. The molecule has 0 aliphatic carbocycles. The topological polar surface area (TPSA) is 278 Å². The first kappa shape index (κ1) is 32.5. The molecule has 0 rings (SSSR count). The van der Waals surface area contributed by atoms with Crippen molar-refractivity contribution in [3.05, 3.63) is 0 Å². The van der Waals surface area contributed by atoms with Crippen LogP contribution in [0, 0.1) is 5.92 Å². The fourth-order valence-electron chi connectivity index (χ4n) is 3.14. The lowest BCUT2D eigenvalue weighted by Crippen LogP contribution is -2.58. The molecular weight excluding hydrogens is 476 g/mol. The Kier molecular flexibility index (Phi) is 14.7. The average Bonchev–Trinajstić information content (AvgIpc) is 2.75. The molecule has 4 amide bonds. The third-order valence-electron chi connectivity index (χ3n) is 5.00. The Morgan fingerprint density at radius 1 is 0.861 bits per heavy atom. The quantitative estimate of drug-likeness (QED) is 0.0524. The lowest BCUT2D eigenvalue weighted by atomic mass is 10.0. The van der Waals surface area contributed by atoms with Crippen LogP contribution in [0.1, 0.15) is 52.9 Å². The maximum absolute atomic E-state index is 13.0. The minimum atomic E-state index is -1.63. The fourth-order valence-corrected chi connectivity index (χ4v) is 3.14. The molecule has 5 unspecified atom stereocenters. The van der Waals surface area contributed by atoms with Crippen LogP contribution < -0.4 is 38.9 Å². The highest BCUT2D eigenvalue weighted by atomic mass is 16.4. The van der Waals surface area contributed by atoms with Gasteiger partial charge in [0.1, 0.15) is 12.1 Å². The van der Waals surface area contributed by atoms with Crippen molar-refractivity contribution in [1.29, 1.82) is 0 Å². The van der Waals surface area contributed by atoms with Crippen LogP contribution in [-0.2, 0) is 24.0 Å². The summed E-state index contributed by atoms with van der Waals surface area (Å²) >= 11 is 0. The van der Waals surface area contributed by atoms with Crippen molar-refractivity contribution in [2.45, 2.75) is 83.1 Å². The molecule has 0 saturated heterocycles. The molecule has 0 aliphatic rings. The third kappa shape index (κ3) is 13.4. The van der Waals surface area contributed by atoms with Crippen molar-refractivity contribution in [3.63, 3.8) is 0 Å². The molecule has 15 heteroatoms. The summed E-state index contributed by atoms with van der Waals surface area (Å²) in [4.78, 5) is 64.7. The van der Waals surface area contributed by atoms with E-state index < -0.39 is 59.9 Å². The first-order valence-corrected chi connectivity index (χ1v) is 11.6. The van der Waals surface area contributed by atoms with Gasteiger partial charge >= 0.3 is 5.97 Å². The Hall–Kier alpha value is -3.46. The van der Waals surface area contributed by atoms with Gasteiger partial charge in [0.05, 0.1) is 12.1 Å². The smallest absolute Gasteiger partial charge is 0.328 e. The second kappa shape index (κ2) is 16.3. The van der Waals surface area contributed by atoms with Gasteiger partial charge in [0.2, 0.25) is 23.6 Å². The minimum Gasteiger partial charge on any atom is -0.480 e. The van der Waals surface area contributed by atoms with Crippen molar-refractivity contribution in [2.24, 2.45) is 33.8 Å². The molecule has 0 spiro atoms. The van der Waals surface area contributed by atoms with Crippen LogP contribution in [0.5, 0.6) is 0 Å². The van der Waals surface area contributed by atoms with Gasteiger partial charge < -0.3 is 49.1 Å². The summed E-state index contributed by atoms with van der Waals surface area (Å²) in [5.41, 5.74) is 21.6. The maximum Gasteiger partial charge on any atom is 0.328 e. The first-order valence-electron chi connectivity index (χ1n) is 11.6. The van der Waals surface area contributed by atoms with Gasteiger partial charge in [-0.15, -0.1) is 0 Å². The van der Waals surface area contributed by atoms with E-state index in [9.17, 15) is 34.2 Å². The number of aliphatic carboxylic acids is 1. The molecule has 15 nitrogen and oxygen atoms in total. The number of primary amides is 1. The van der Waals surface area contributed by atoms with E-state index in [2.05, 4.69) is 20.9 Å². The van der Waals surface area contributed by atoms with E-state index in [1.54, 1.807) is 0 Å². The molecule has 5 atom stereocenters. The number of amides is 4. The molecule has 0 aromatic rings. The maximum atomic E-state index is 13.0. The number of aliphatic hydroxyl groups is 1. The molecule has 13 N–H and O–H groups in total. The zero-order chi connectivity index (χ0) is 28.0. The van der Waals surface area contributed by atoms with Gasteiger partial charge in [-0.2, -0.15) is 0 Å². The highest BCUT2D eigenvalue weighted by Crippen LogP contribution is 2.07. The number of nitrogens with one attached hydrogen (secondary N) is 3. The summed E-state index contributed by atoms with van der Waals surface area (Å²) in [5, 5.41) is 26.0. The Morgan fingerprint density at radius 3 is 1.86 bits per heavy atom. The van der Waals surface area contributed by atoms with Crippen molar-refractivity contribution in [3.8, 4) is 0 Å². The number of carbonyl (C=O) groups is 5. The summed E-state index contributed by atoms with van der Waals surface area (Å²) in [6, 6.07) is -5.06.